The van der Waals surface area contributed by atoms with Crippen molar-refractivity contribution < 1.29 is 4.42 Å². The standard InChI is InChI=1S/C16H24OSi/c1-10-8-9-15(17-10)18(6,7)16-13(4)11(2)12(3)14(16)5/h8-9,16H,1-7H3. The number of hydrogen-bond donors (Lipinski definition) is 0. The third-order valence-electron chi connectivity index (χ3n) is 4.71. The van der Waals surface area contributed by atoms with E-state index in [1.165, 1.54) is 16.5 Å². The van der Waals surface area contributed by atoms with Crippen LogP contribution in [0, 0.1) is 6.92 Å². The Bertz CT molecular complexity index is 519. The van der Waals surface area contributed by atoms with E-state index in [1.807, 2.05) is 6.92 Å². The summed E-state index contributed by atoms with van der Waals surface area (Å²) in [5.41, 5.74) is 6.68. The van der Waals surface area contributed by atoms with Crippen LogP contribution in [0.3, 0.4) is 0 Å². The van der Waals surface area contributed by atoms with Crippen LogP contribution in [0.15, 0.2) is 38.8 Å². The van der Waals surface area contributed by atoms with E-state index in [4.69, 9.17) is 4.42 Å². The molecule has 1 nitrogen and oxygen atoms in total. The molecule has 1 heterocycles. The molecule has 0 saturated heterocycles. The molecule has 2 rings (SSSR count). The van der Waals surface area contributed by atoms with E-state index >= 15 is 0 Å². The van der Waals surface area contributed by atoms with Crippen molar-refractivity contribution in [1.82, 2.24) is 0 Å². The summed E-state index contributed by atoms with van der Waals surface area (Å²) < 4.78 is 5.94. The van der Waals surface area contributed by atoms with Gasteiger partial charge in [0.05, 0.1) is 11.1 Å². The van der Waals surface area contributed by atoms with Gasteiger partial charge in [0.1, 0.15) is 8.07 Å². The van der Waals surface area contributed by atoms with Gasteiger partial charge >= 0.3 is 0 Å². The van der Waals surface area contributed by atoms with Crippen LogP contribution >= 0.6 is 0 Å². The first-order chi connectivity index (χ1) is 8.26. The molecule has 0 atom stereocenters. The Hall–Kier alpha value is -1.02. The van der Waals surface area contributed by atoms with Crippen LogP contribution in [0.4, 0.5) is 0 Å². The minimum absolute atomic E-state index is 0.600. The second-order valence-corrected chi connectivity index (χ2v) is 10.7. The van der Waals surface area contributed by atoms with E-state index in [9.17, 15) is 0 Å². The van der Waals surface area contributed by atoms with Gasteiger partial charge in [-0.1, -0.05) is 24.2 Å². The number of allylic oxidation sites excluding steroid dienone is 4. The Balaban J connectivity index is 2.49. The molecule has 0 unspecified atom stereocenters. The monoisotopic (exact) mass is 260 g/mol. The molecule has 0 radical (unpaired) electrons. The normalized spacial score (nSPS) is 18.2. The summed E-state index contributed by atoms with van der Waals surface area (Å²) >= 11 is 0. The molecule has 1 aromatic heterocycles. The maximum Gasteiger partial charge on any atom is 0.137 e. The third-order valence-corrected chi connectivity index (χ3v) is 8.56. The summed E-state index contributed by atoms with van der Waals surface area (Å²) in [4.78, 5) is 0. The second-order valence-electron chi connectivity index (χ2n) is 6.18. The van der Waals surface area contributed by atoms with Crippen LogP contribution in [0.5, 0.6) is 0 Å². The van der Waals surface area contributed by atoms with Crippen molar-refractivity contribution >= 4 is 13.5 Å². The first kappa shape index (κ1) is 13.4. The highest BCUT2D eigenvalue weighted by Crippen LogP contribution is 2.46. The second kappa shape index (κ2) is 4.27. The molecule has 18 heavy (non-hydrogen) atoms. The van der Waals surface area contributed by atoms with Gasteiger partial charge < -0.3 is 4.42 Å². The number of hydrogen-bond acceptors (Lipinski definition) is 1. The Morgan fingerprint density at radius 2 is 1.39 bits per heavy atom. The molecule has 0 aromatic carbocycles. The van der Waals surface area contributed by atoms with Crippen LogP contribution in [0.25, 0.3) is 0 Å². The maximum absolute atomic E-state index is 5.94. The molecule has 1 aliphatic rings. The highest BCUT2D eigenvalue weighted by molar-refractivity contribution is 6.91. The van der Waals surface area contributed by atoms with Gasteiger partial charge in [-0.15, -0.1) is 0 Å². The lowest BCUT2D eigenvalue weighted by molar-refractivity contribution is 0.560. The minimum atomic E-state index is -1.62. The minimum Gasteiger partial charge on any atom is -0.472 e. The Labute approximate surface area is 112 Å². The molecule has 0 fully saturated rings. The fourth-order valence-electron chi connectivity index (χ4n) is 3.35. The molecule has 0 N–H and O–H groups in total. The van der Waals surface area contributed by atoms with Crippen LogP contribution in [-0.4, -0.2) is 8.07 Å². The molecular formula is C16H24OSi. The van der Waals surface area contributed by atoms with Gasteiger partial charge in [-0.2, -0.15) is 0 Å². The van der Waals surface area contributed by atoms with E-state index in [1.54, 1.807) is 11.1 Å². The molecule has 1 aromatic rings. The Morgan fingerprint density at radius 3 is 1.78 bits per heavy atom. The summed E-state index contributed by atoms with van der Waals surface area (Å²) in [6, 6.07) is 4.28. The smallest absolute Gasteiger partial charge is 0.137 e. The zero-order valence-electron chi connectivity index (χ0n) is 12.6. The van der Waals surface area contributed by atoms with Gasteiger partial charge in [-0.25, -0.2) is 0 Å². The van der Waals surface area contributed by atoms with Crippen molar-refractivity contribution in [3.8, 4) is 0 Å². The molecule has 0 saturated carbocycles. The maximum atomic E-state index is 5.94. The highest BCUT2D eigenvalue weighted by atomic mass is 28.3. The molecule has 0 bridgehead atoms. The van der Waals surface area contributed by atoms with Gasteiger partial charge in [0.2, 0.25) is 0 Å². The largest absolute Gasteiger partial charge is 0.472 e. The first-order valence-corrected chi connectivity index (χ1v) is 9.76. The lowest BCUT2D eigenvalue weighted by Crippen LogP contribution is -2.45. The molecule has 2 heteroatoms. The van der Waals surface area contributed by atoms with Gasteiger partial charge in [-0.05, 0) is 57.9 Å². The predicted octanol–water partition coefficient (Wildman–Crippen LogP) is 4.56. The van der Waals surface area contributed by atoms with Crippen LogP contribution in [-0.2, 0) is 0 Å². The summed E-state index contributed by atoms with van der Waals surface area (Å²) in [6.07, 6.45) is 0. The summed E-state index contributed by atoms with van der Waals surface area (Å²) in [7, 11) is -1.62. The van der Waals surface area contributed by atoms with Crippen LogP contribution in [0.2, 0.25) is 18.6 Å². The van der Waals surface area contributed by atoms with Crippen molar-refractivity contribution in [2.75, 3.05) is 0 Å². The fraction of sp³-hybridized carbons (Fsp3) is 0.500. The Kier molecular flexibility index (Phi) is 3.18. The molecule has 98 valence electrons. The van der Waals surface area contributed by atoms with Gasteiger partial charge in [0, 0.05) is 5.54 Å². The van der Waals surface area contributed by atoms with E-state index in [0.29, 0.717) is 5.54 Å². The van der Waals surface area contributed by atoms with Crippen LogP contribution < -0.4 is 5.38 Å². The molecular weight excluding hydrogens is 236 g/mol. The number of aryl methyl sites for hydroxylation is 1. The average Bonchev–Trinajstić information content (AvgIpc) is 2.80. The quantitative estimate of drug-likeness (QED) is 0.710. The summed E-state index contributed by atoms with van der Waals surface area (Å²) in [6.45, 7) is 16.0. The van der Waals surface area contributed by atoms with Crippen molar-refractivity contribution in [1.29, 1.82) is 0 Å². The Morgan fingerprint density at radius 1 is 0.889 bits per heavy atom. The molecule has 1 aliphatic carbocycles. The van der Waals surface area contributed by atoms with Gasteiger partial charge in [0.25, 0.3) is 0 Å². The summed E-state index contributed by atoms with van der Waals surface area (Å²) in [5.74, 6) is 1.03. The van der Waals surface area contributed by atoms with E-state index in [0.717, 1.165) is 5.76 Å². The highest BCUT2D eigenvalue weighted by Gasteiger charge is 2.42. The average molecular weight is 260 g/mol. The van der Waals surface area contributed by atoms with Crippen LogP contribution in [0.1, 0.15) is 33.5 Å². The van der Waals surface area contributed by atoms with Crippen molar-refractivity contribution in [2.45, 2.75) is 53.3 Å². The number of rotatable bonds is 2. The van der Waals surface area contributed by atoms with E-state index in [-0.39, 0.29) is 0 Å². The molecule has 0 aliphatic heterocycles. The fourth-order valence-corrected chi connectivity index (χ4v) is 7.17. The van der Waals surface area contributed by atoms with Gasteiger partial charge in [-0.3, -0.25) is 0 Å². The van der Waals surface area contributed by atoms with E-state index in [2.05, 4.69) is 52.9 Å². The van der Waals surface area contributed by atoms with Crippen molar-refractivity contribution in [3.05, 3.63) is 40.2 Å². The molecule has 0 spiro atoms. The first-order valence-electron chi connectivity index (χ1n) is 6.68. The van der Waals surface area contributed by atoms with E-state index < -0.39 is 8.07 Å². The predicted molar refractivity (Wildman–Crippen MR) is 81.1 cm³/mol. The number of furan rings is 1. The lowest BCUT2D eigenvalue weighted by atomic mass is 10.1. The summed E-state index contributed by atoms with van der Waals surface area (Å²) in [5, 5.41) is 1.23. The molecule has 0 amide bonds. The van der Waals surface area contributed by atoms with Crippen molar-refractivity contribution in [2.24, 2.45) is 0 Å². The third kappa shape index (κ3) is 1.83. The lowest BCUT2D eigenvalue weighted by Gasteiger charge is -2.30. The zero-order valence-corrected chi connectivity index (χ0v) is 13.6. The van der Waals surface area contributed by atoms with Gasteiger partial charge in [0.15, 0.2) is 0 Å². The zero-order chi connectivity index (χ0) is 13.7. The SMILES string of the molecule is CC1=C(C)C([Si](C)(C)c2ccc(C)o2)C(C)=C1C. The topological polar surface area (TPSA) is 13.1 Å². The van der Waals surface area contributed by atoms with Crippen molar-refractivity contribution in [3.63, 3.8) is 0 Å².